The summed E-state index contributed by atoms with van der Waals surface area (Å²) in [6.45, 7) is 2.42. The zero-order chi connectivity index (χ0) is 24.2. The number of carbonyl (C=O) groups excluding carboxylic acids is 1. The van der Waals surface area contributed by atoms with Crippen molar-refractivity contribution in [2.75, 3.05) is 13.9 Å². The third-order valence-electron chi connectivity index (χ3n) is 5.54. The maximum atomic E-state index is 12.8. The third kappa shape index (κ3) is 5.09. The summed E-state index contributed by atoms with van der Waals surface area (Å²) in [5, 5.41) is 12.5. The van der Waals surface area contributed by atoms with Crippen molar-refractivity contribution in [3.63, 3.8) is 0 Å². The zero-order valence-electron chi connectivity index (χ0n) is 19.4. The molecule has 0 atom stereocenters. The normalized spacial score (nSPS) is 11.9. The molecule has 1 aromatic heterocycles. The minimum Gasteiger partial charge on any atom is -0.497 e. The maximum absolute atomic E-state index is 12.8. The molecule has 1 aliphatic rings. The number of rotatable bonds is 8. The van der Waals surface area contributed by atoms with E-state index in [1.54, 1.807) is 37.1 Å². The minimum atomic E-state index is -0.229. The summed E-state index contributed by atoms with van der Waals surface area (Å²) in [5.41, 5.74) is 3.69. The van der Waals surface area contributed by atoms with Gasteiger partial charge in [-0.05, 0) is 55.0 Å². The summed E-state index contributed by atoms with van der Waals surface area (Å²) < 4.78 is 18.0. The molecule has 1 aliphatic heterocycles. The number of aryl methyl sites for hydroxylation is 1. The van der Waals surface area contributed by atoms with E-state index in [0.717, 1.165) is 27.7 Å². The van der Waals surface area contributed by atoms with E-state index in [1.165, 1.54) is 0 Å². The molecular weight excluding hydrogens is 464 g/mol. The van der Waals surface area contributed by atoms with Crippen molar-refractivity contribution in [3.05, 3.63) is 89.2 Å². The summed E-state index contributed by atoms with van der Waals surface area (Å²) in [6, 6.07) is 21.2. The summed E-state index contributed by atoms with van der Waals surface area (Å²) in [5.74, 6) is 3.12. The van der Waals surface area contributed by atoms with E-state index in [4.69, 9.17) is 14.2 Å². The van der Waals surface area contributed by atoms with Crippen LogP contribution in [0.2, 0.25) is 0 Å². The van der Waals surface area contributed by atoms with Crippen LogP contribution in [0, 0.1) is 6.92 Å². The van der Waals surface area contributed by atoms with Crippen LogP contribution in [0.25, 0.3) is 5.69 Å². The first-order valence-electron chi connectivity index (χ1n) is 11.1. The highest BCUT2D eigenvalue weighted by atomic mass is 32.2. The highest BCUT2D eigenvalue weighted by Gasteiger charge is 2.19. The average molecular weight is 489 g/mol. The highest BCUT2D eigenvalue weighted by Crippen LogP contribution is 2.32. The van der Waals surface area contributed by atoms with Crippen LogP contribution < -0.4 is 19.5 Å². The van der Waals surface area contributed by atoms with Gasteiger partial charge in [0.25, 0.3) is 5.91 Å². The number of methoxy groups -OCH3 is 1. The molecule has 1 N–H and O–H groups in total. The first kappa shape index (κ1) is 22.8. The summed E-state index contributed by atoms with van der Waals surface area (Å²) in [4.78, 5) is 12.8. The van der Waals surface area contributed by atoms with E-state index >= 15 is 0 Å². The molecule has 3 aromatic carbocycles. The largest absolute Gasteiger partial charge is 0.497 e. The first-order chi connectivity index (χ1) is 17.1. The molecule has 178 valence electrons. The van der Waals surface area contributed by atoms with Gasteiger partial charge >= 0.3 is 0 Å². The Bertz CT molecular complexity index is 1350. The molecule has 0 radical (unpaired) electrons. The van der Waals surface area contributed by atoms with Crippen LogP contribution in [0.15, 0.2) is 71.9 Å². The number of thioether (sulfide) groups is 1. The number of amides is 1. The van der Waals surface area contributed by atoms with E-state index in [9.17, 15) is 4.79 Å². The van der Waals surface area contributed by atoms with Crippen molar-refractivity contribution in [1.29, 1.82) is 0 Å². The van der Waals surface area contributed by atoms with Gasteiger partial charge in [-0.25, -0.2) is 0 Å². The lowest BCUT2D eigenvalue weighted by molar-refractivity contribution is 0.0949. The van der Waals surface area contributed by atoms with Crippen molar-refractivity contribution in [1.82, 2.24) is 20.1 Å². The molecule has 0 saturated heterocycles. The zero-order valence-corrected chi connectivity index (χ0v) is 20.2. The second kappa shape index (κ2) is 10.1. The van der Waals surface area contributed by atoms with Crippen LogP contribution in [0.3, 0.4) is 0 Å². The van der Waals surface area contributed by atoms with Gasteiger partial charge in [0.15, 0.2) is 22.5 Å². The van der Waals surface area contributed by atoms with Crippen molar-refractivity contribution in [2.24, 2.45) is 0 Å². The standard InChI is InChI=1S/C26H24N4O4S/c1-17-6-9-20(10-7-17)30-24(14-27-25(31)19-8-11-22-23(13-19)34-16-33-22)28-29-26(30)35-15-18-4-3-5-21(12-18)32-2/h3-13H,14-16H2,1-2H3,(H,27,31). The third-order valence-corrected chi connectivity index (χ3v) is 6.54. The number of benzene rings is 3. The van der Waals surface area contributed by atoms with E-state index in [-0.39, 0.29) is 19.2 Å². The Hall–Kier alpha value is -3.98. The van der Waals surface area contributed by atoms with Crippen LogP contribution in [-0.2, 0) is 12.3 Å². The molecule has 5 rings (SSSR count). The van der Waals surface area contributed by atoms with Gasteiger partial charge in [0.2, 0.25) is 6.79 Å². The van der Waals surface area contributed by atoms with Crippen molar-refractivity contribution in [3.8, 4) is 22.9 Å². The predicted octanol–water partition coefficient (Wildman–Crippen LogP) is 4.54. The second-order valence-electron chi connectivity index (χ2n) is 7.96. The Labute approximate surface area is 207 Å². The second-order valence-corrected chi connectivity index (χ2v) is 8.90. The van der Waals surface area contributed by atoms with Crippen LogP contribution in [0.5, 0.6) is 17.2 Å². The van der Waals surface area contributed by atoms with Crippen molar-refractivity contribution < 1.29 is 19.0 Å². The quantitative estimate of drug-likeness (QED) is 0.365. The Kier molecular flexibility index (Phi) is 6.58. The van der Waals surface area contributed by atoms with Crippen LogP contribution in [-0.4, -0.2) is 34.6 Å². The SMILES string of the molecule is COc1cccc(CSc2nnc(CNC(=O)c3ccc4c(c3)OCO4)n2-c2ccc(C)cc2)c1. The number of hydrogen-bond donors (Lipinski definition) is 1. The Morgan fingerprint density at radius 2 is 1.89 bits per heavy atom. The molecule has 0 spiro atoms. The number of aromatic nitrogens is 3. The molecule has 4 aromatic rings. The average Bonchev–Trinajstić information content (AvgIpc) is 3.53. The first-order valence-corrected chi connectivity index (χ1v) is 12.0. The molecule has 1 amide bonds. The number of carbonyl (C=O) groups is 1. The molecule has 0 fully saturated rings. The van der Waals surface area contributed by atoms with Gasteiger partial charge in [-0.1, -0.05) is 41.6 Å². The highest BCUT2D eigenvalue weighted by molar-refractivity contribution is 7.98. The van der Waals surface area contributed by atoms with E-state index in [1.807, 2.05) is 54.0 Å². The van der Waals surface area contributed by atoms with Crippen molar-refractivity contribution >= 4 is 17.7 Å². The lowest BCUT2D eigenvalue weighted by atomic mass is 10.2. The van der Waals surface area contributed by atoms with E-state index in [2.05, 4.69) is 21.6 Å². The molecule has 9 heteroatoms. The number of fused-ring (bicyclic) bond motifs is 1. The van der Waals surface area contributed by atoms with Crippen LogP contribution in [0.1, 0.15) is 27.3 Å². The number of nitrogens with zero attached hydrogens (tertiary/aromatic N) is 3. The molecule has 0 aliphatic carbocycles. The van der Waals surface area contributed by atoms with Crippen LogP contribution >= 0.6 is 11.8 Å². The molecule has 0 saturated carbocycles. The van der Waals surface area contributed by atoms with Gasteiger partial charge in [0, 0.05) is 17.0 Å². The molecule has 2 heterocycles. The molecule has 0 bridgehead atoms. The number of hydrogen-bond acceptors (Lipinski definition) is 7. The predicted molar refractivity (Wildman–Crippen MR) is 132 cm³/mol. The minimum absolute atomic E-state index is 0.163. The fourth-order valence-corrected chi connectivity index (χ4v) is 4.58. The summed E-state index contributed by atoms with van der Waals surface area (Å²) >= 11 is 1.57. The van der Waals surface area contributed by atoms with Gasteiger partial charge in [-0.2, -0.15) is 0 Å². The van der Waals surface area contributed by atoms with Gasteiger partial charge < -0.3 is 19.5 Å². The summed E-state index contributed by atoms with van der Waals surface area (Å²) in [6.07, 6.45) is 0. The number of nitrogens with one attached hydrogen (secondary N) is 1. The smallest absolute Gasteiger partial charge is 0.251 e. The van der Waals surface area contributed by atoms with Crippen molar-refractivity contribution in [2.45, 2.75) is 24.4 Å². The van der Waals surface area contributed by atoms with Crippen LogP contribution in [0.4, 0.5) is 0 Å². The fourth-order valence-electron chi connectivity index (χ4n) is 3.67. The Morgan fingerprint density at radius 3 is 2.71 bits per heavy atom. The molecule has 35 heavy (non-hydrogen) atoms. The topological polar surface area (TPSA) is 87.5 Å². The number of ether oxygens (including phenoxy) is 3. The molecule has 8 nitrogen and oxygen atoms in total. The lowest BCUT2D eigenvalue weighted by Crippen LogP contribution is -2.24. The van der Waals surface area contributed by atoms with Gasteiger partial charge in [-0.3, -0.25) is 9.36 Å². The maximum Gasteiger partial charge on any atom is 0.251 e. The van der Waals surface area contributed by atoms with Gasteiger partial charge in [0.1, 0.15) is 5.75 Å². The monoisotopic (exact) mass is 488 g/mol. The molecular formula is C26H24N4O4S. The van der Waals surface area contributed by atoms with E-state index < -0.39 is 0 Å². The van der Waals surface area contributed by atoms with Gasteiger partial charge in [-0.15, -0.1) is 10.2 Å². The van der Waals surface area contributed by atoms with E-state index in [0.29, 0.717) is 28.6 Å². The summed E-state index contributed by atoms with van der Waals surface area (Å²) in [7, 11) is 1.66. The fraction of sp³-hybridized carbons (Fsp3) is 0.192. The van der Waals surface area contributed by atoms with Gasteiger partial charge in [0.05, 0.1) is 13.7 Å². The molecule has 0 unspecified atom stereocenters. The lowest BCUT2D eigenvalue weighted by Gasteiger charge is -2.12. The Balaban J connectivity index is 1.36. The Morgan fingerprint density at radius 1 is 1.06 bits per heavy atom.